The van der Waals surface area contributed by atoms with Gasteiger partial charge in [-0.2, -0.15) is 0 Å². The third-order valence-electron chi connectivity index (χ3n) is 10.4. The van der Waals surface area contributed by atoms with Crippen LogP contribution in [0.15, 0.2) is 18.5 Å². The molecular formula is C30H42N6O3. The average molecular weight is 535 g/mol. The molecule has 210 valence electrons. The summed E-state index contributed by atoms with van der Waals surface area (Å²) in [6.07, 6.45) is 16.0. The van der Waals surface area contributed by atoms with Crippen LogP contribution in [0.1, 0.15) is 88.2 Å². The number of aromatic nitrogens is 2. The predicted octanol–water partition coefficient (Wildman–Crippen LogP) is 3.67. The Morgan fingerprint density at radius 1 is 0.974 bits per heavy atom. The van der Waals surface area contributed by atoms with Gasteiger partial charge in [0.2, 0.25) is 5.91 Å². The number of nitrogens with one attached hydrogen (secondary N) is 2. The third-order valence-corrected chi connectivity index (χ3v) is 10.4. The number of aliphatic hydroxyl groups is 1. The van der Waals surface area contributed by atoms with Gasteiger partial charge in [0.05, 0.1) is 17.5 Å². The number of carbonyl (C=O) groups is 2. The molecule has 3 saturated heterocycles. The zero-order valence-electron chi connectivity index (χ0n) is 23.0. The maximum atomic E-state index is 12.5. The Hall–Kier alpha value is -2.49. The van der Waals surface area contributed by atoms with E-state index >= 15 is 0 Å². The third kappa shape index (κ3) is 4.98. The van der Waals surface area contributed by atoms with Crippen molar-refractivity contribution in [2.75, 3.05) is 44.2 Å². The molecule has 9 heteroatoms. The molecule has 3 aliphatic heterocycles. The molecule has 2 aromatic heterocycles. The molecule has 2 aromatic rings. The van der Waals surface area contributed by atoms with Crippen molar-refractivity contribution < 1.29 is 14.7 Å². The fraction of sp³-hybridized carbons (Fsp3) is 0.700. The number of urea groups is 1. The highest BCUT2D eigenvalue weighted by Crippen LogP contribution is 2.50. The number of amides is 3. The number of likely N-dealkylation sites (tertiary alicyclic amines) is 1. The maximum absolute atomic E-state index is 12.5. The van der Waals surface area contributed by atoms with E-state index in [4.69, 9.17) is 4.98 Å². The smallest absolute Gasteiger partial charge is 0.328 e. The number of nitrogens with zero attached hydrogens (tertiary/aromatic N) is 4. The normalized spacial score (nSPS) is 26.3. The van der Waals surface area contributed by atoms with Gasteiger partial charge < -0.3 is 19.9 Å². The van der Waals surface area contributed by atoms with Gasteiger partial charge in [0.15, 0.2) is 0 Å². The highest BCUT2D eigenvalue weighted by Gasteiger charge is 2.41. The number of anilines is 1. The van der Waals surface area contributed by atoms with E-state index in [1.165, 1.54) is 62.3 Å². The van der Waals surface area contributed by atoms with Gasteiger partial charge >= 0.3 is 6.03 Å². The van der Waals surface area contributed by atoms with Crippen LogP contribution in [0.25, 0.3) is 11.0 Å². The Bertz CT molecular complexity index is 1240. The molecule has 3 N–H and O–H groups in total. The Kier molecular flexibility index (Phi) is 6.44. The van der Waals surface area contributed by atoms with Crippen LogP contribution >= 0.6 is 0 Å². The fourth-order valence-corrected chi connectivity index (χ4v) is 7.75. The summed E-state index contributed by atoms with van der Waals surface area (Å²) in [6, 6.07) is 2.24. The van der Waals surface area contributed by atoms with Crippen LogP contribution in [0, 0.1) is 5.41 Å². The largest absolute Gasteiger partial charge is 0.388 e. The van der Waals surface area contributed by atoms with E-state index in [9.17, 15) is 14.7 Å². The number of carbonyl (C=O) groups excluding carboxylic acids is 2. The quantitative estimate of drug-likeness (QED) is 0.541. The molecule has 5 aliphatic rings. The van der Waals surface area contributed by atoms with Gasteiger partial charge in [-0.25, -0.2) is 9.78 Å². The van der Waals surface area contributed by atoms with Crippen LogP contribution in [-0.2, 0) is 4.79 Å². The standard InChI is InChI=1S/C30H42N6O3/c37-26-5-14-35(28(38)33-26)23-17-24-25(21-1-2-21)19-36(27(24)32-18-23)22-3-6-29(7-4-22)10-15-34(16-11-29)20-30(39)8-12-31-13-9-30/h17-19,21-22,31,39H,1-16,20H2,(H,33,37,38). The van der Waals surface area contributed by atoms with Crippen molar-refractivity contribution in [3.8, 4) is 0 Å². The molecule has 0 radical (unpaired) electrons. The van der Waals surface area contributed by atoms with Crippen LogP contribution in [-0.4, -0.2) is 76.4 Å². The topological polar surface area (TPSA) is 103 Å². The highest BCUT2D eigenvalue weighted by molar-refractivity contribution is 6.06. The summed E-state index contributed by atoms with van der Waals surface area (Å²) in [5.74, 6) is 0.381. The molecule has 2 saturated carbocycles. The van der Waals surface area contributed by atoms with Gasteiger partial charge in [-0.05, 0) is 113 Å². The zero-order chi connectivity index (χ0) is 26.6. The van der Waals surface area contributed by atoms with Crippen molar-refractivity contribution in [1.29, 1.82) is 0 Å². The summed E-state index contributed by atoms with van der Waals surface area (Å²) < 4.78 is 2.45. The second-order valence-electron chi connectivity index (χ2n) is 13.1. The van der Waals surface area contributed by atoms with Crippen LogP contribution in [0.5, 0.6) is 0 Å². The first-order chi connectivity index (χ1) is 18.9. The van der Waals surface area contributed by atoms with E-state index in [0.29, 0.717) is 30.3 Å². The number of β-amino-alcohol motifs (C(OH)–C–C–N with tert-alkyl or cyclic N) is 1. The van der Waals surface area contributed by atoms with E-state index in [-0.39, 0.29) is 11.9 Å². The molecule has 39 heavy (non-hydrogen) atoms. The van der Waals surface area contributed by atoms with Gasteiger partial charge in [-0.3, -0.25) is 15.0 Å². The molecule has 1 spiro atoms. The Morgan fingerprint density at radius 3 is 2.41 bits per heavy atom. The van der Waals surface area contributed by atoms with Crippen LogP contribution in [0.4, 0.5) is 10.5 Å². The lowest BCUT2D eigenvalue weighted by Crippen LogP contribution is -2.52. The summed E-state index contributed by atoms with van der Waals surface area (Å²) in [6.45, 7) is 5.30. The Balaban J connectivity index is 1.04. The second-order valence-corrected chi connectivity index (χ2v) is 13.1. The molecule has 0 atom stereocenters. The summed E-state index contributed by atoms with van der Waals surface area (Å²) in [4.78, 5) is 33.1. The van der Waals surface area contributed by atoms with Crippen molar-refractivity contribution in [2.24, 2.45) is 5.41 Å². The van der Waals surface area contributed by atoms with E-state index < -0.39 is 5.60 Å². The molecule has 0 bridgehead atoms. The molecule has 2 aliphatic carbocycles. The van der Waals surface area contributed by atoms with Gasteiger partial charge in [0.25, 0.3) is 0 Å². The average Bonchev–Trinajstić information content (AvgIpc) is 3.71. The number of piperidine rings is 2. The van der Waals surface area contributed by atoms with Gasteiger partial charge in [-0.15, -0.1) is 0 Å². The first kappa shape index (κ1) is 25.5. The molecule has 3 amide bonds. The van der Waals surface area contributed by atoms with Gasteiger partial charge in [0, 0.05) is 37.1 Å². The van der Waals surface area contributed by atoms with Crippen LogP contribution in [0.2, 0.25) is 0 Å². The molecule has 5 fully saturated rings. The lowest BCUT2D eigenvalue weighted by molar-refractivity contribution is -0.120. The monoisotopic (exact) mass is 534 g/mol. The molecule has 0 aromatic carbocycles. The van der Waals surface area contributed by atoms with Crippen molar-refractivity contribution in [3.05, 3.63) is 24.0 Å². The van der Waals surface area contributed by atoms with E-state index in [0.717, 1.165) is 56.9 Å². The number of hydrogen-bond acceptors (Lipinski definition) is 6. The van der Waals surface area contributed by atoms with E-state index in [1.54, 1.807) is 11.1 Å². The Morgan fingerprint density at radius 2 is 1.72 bits per heavy atom. The number of hydrogen-bond donors (Lipinski definition) is 3. The number of fused-ring (bicyclic) bond motifs is 1. The fourth-order valence-electron chi connectivity index (χ4n) is 7.75. The van der Waals surface area contributed by atoms with Crippen molar-refractivity contribution in [1.82, 2.24) is 25.1 Å². The van der Waals surface area contributed by atoms with Crippen LogP contribution in [0.3, 0.4) is 0 Å². The highest BCUT2D eigenvalue weighted by atomic mass is 16.3. The van der Waals surface area contributed by atoms with Crippen molar-refractivity contribution in [2.45, 2.75) is 88.2 Å². The first-order valence-electron chi connectivity index (χ1n) is 15.2. The summed E-state index contributed by atoms with van der Waals surface area (Å²) in [5, 5.41) is 18.0. The SMILES string of the molecule is O=C1CCN(c2cnc3c(c2)c(C2CC2)cn3C2CCC3(CC2)CCN(CC2(O)CCNCC2)CC3)C(=O)N1. The molecular weight excluding hydrogens is 492 g/mol. The minimum atomic E-state index is -0.510. The molecule has 5 heterocycles. The van der Waals surface area contributed by atoms with E-state index in [1.807, 2.05) is 0 Å². The summed E-state index contributed by atoms with van der Waals surface area (Å²) in [5.41, 5.74) is 3.13. The number of rotatable bonds is 5. The zero-order valence-corrected chi connectivity index (χ0v) is 23.0. The first-order valence-corrected chi connectivity index (χ1v) is 15.2. The second kappa shape index (κ2) is 9.85. The molecule has 0 unspecified atom stereocenters. The minimum absolute atomic E-state index is 0.213. The number of imide groups is 1. The molecule has 9 nitrogen and oxygen atoms in total. The van der Waals surface area contributed by atoms with E-state index in [2.05, 4.69) is 32.4 Å². The lowest BCUT2D eigenvalue weighted by atomic mass is 9.67. The molecule has 7 rings (SSSR count). The Labute approximate surface area is 230 Å². The van der Waals surface area contributed by atoms with Crippen molar-refractivity contribution in [3.63, 3.8) is 0 Å². The summed E-state index contributed by atoms with van der Waals surface area (Å²) in [7, 11) is 0. The predicted molar refractivity (Wildman–Crippen MR) is 150 cm³/mol. The number of pyridine rings is 1. The summed E-state index contributed by atoms with van der Waals surface area (Å²) >= 11 is 0. The maximum Gasteiger partial charge on any atom is 0.328 e. The van der Waals surface area contributed by atoms with Gasteiger partial charge in [0.1, 0.15) is 5.65 Å². The van der Waals surface area contributed by atoms with Crippen molar-refractivity contribution >= 4 is 28.7 Å². The lowest BCUT2D eigenvalue weighted by Gasteiger charge is -2.48. The van der Waals surface area contributed by atoms with Gasteiger partial charge in [-0.1, -0.05) is 0 Å². The minimum Gasteiger partial charge on any atom is -0.388 e. The van der Waals surface area contributed by atoms with Crippen LogP contribution < -0.4 is 15.5 Å².